The van der Waals surface area contributed by atoms with Gasteiger partial charge in [0.25, 0.3) is 0 Å². The van der Waals surface area contributed by atoms with Gasteiger partial charge in [0.2, 0.25) is 11.8 Å². The quantitative estimate of drug-likeness (QED) is 0.403. The molecule has 3 aliphatic rings. The zero-order valence-electron chi connectivity index (χ0n) is 12.4. The number of Topliss-reactive ketones (excluding diaryl/α,β-unsaturated/α-hetero) is 1. The Kier molecular flexibility index (Phi) is 3.54. The molecular weight excluding hydrogens is 426 g/mol. The standard InChI is InChI=1S/C17H15Br2NO3/c1-7(21)8-3-2-4-9(5-8)20-16(22)12-10-6-11(13(12)17(20)23)15(19)14(10)18/h2-5,10-15H,6H2,1H3/t10-,11-,12-,13-,14+,15+/m1/s1. The van der Waals surface area contributed by atoms with Crippen LogP contribution in [-0.4, -0.2) is 27.3 Å². The summed E-state index contributed by atoms with van der Waals surface area (Å²) in [4.78, 5) is 39.1. The lowest BCUT2D eigenvalue weighted by molar-refractivity contribution is -0.123. The Bertz CT molecular complexity index is 702. The molecule has 6 atom stereocenters. The zero-order valence-corrected chi connectivity index (χ0v) is 15.6. The molecule has 4 rings (SSSR count). The van der Waals surface area contributed by atoms with Crippen molar-refractivity contribution in [2.24, 2.45) is 23.7 Å². The van der Waals surface area contributed by atoms with E-state index in [4.69, 9.17) is 0 Å². The van der Waals surface area contributed by atoms with Crippen molar-refractivity contribution in [2.75, 3.05) is 4.90 Å². The van der Waals surface area contributed by atoms with Gasteiger partial charge in [0.15, 0.2) is 5.78 Å². The number of ketones is 1. The second kappa shape index (κ2) is 5.24. The number of imide groups is 1. The molecule has 2 bridgehead atoms. The fourth-order valence-corrected chi connectivity index (χ4v) is 6.34. The van der Waals surface area contributed by atoms with Gasteiger partial charge in [-0.1, -0.05) is 44.0 Å². The summed E-state index contributed by atoms with van der Waals surface area (Å²) in [6, 6.07) is 6.78. The molecule has 0 radical (unpaired) electrons. The number of alkyl halides is 2. The lowest BCUT2D eigenvalue weighted by Gasteiger charge is -2.28. The summed E-state index contributed by atoms with van der Waals surface area (Å²) in [6.07, 6.45) is 0.917. The molecule has 0 aromatic heterocycles. The third-order valence-electron chi connectivity index (χ3n) is 5.50. The van der Waals surface area contributed by atoms with Crippen molar-refractivity contribution in [1.29, 1.82) is 0 Å². The molecule has 120 valence electrons. The van der Waals surface area contributed by atoms with Crippen molar-refractivity contribution in [3.8, 4) is 0 Å². The first-order valence-electron chi connectivity index (χ1n) is 7.68. The van der Waals surface area contributed by atoms with Crippen molar-refractivity contribution in [3.63, 3.8) is 0 Å². The maximum absolute atomic E-state index is 12.9. The normalized spacial score (nSPS) is 38.3. The van der Waals surface area contributed by atoms with Crippen LogP contribution in [0.2, 0.25) is 0 Å². The average molecular weight is 441 g/mol. The van der Waals surface area contributed by atoms with Gasteiger partial charge in [-0.05, 0) is 37.3 Å². The third-order valence-corrected chi connectivity index (χ3v) is 8.70. The summed E-state index contributed by atoms with van der Waals surface area (Å²) in [5.74, 6) is -0.363. The van der Waals surface area contributed by atoms with E-state index in [1.54, 1.807) is 24.3 Å². The molecule has 1 aromatic carbocycles. The van der Waals surface area contributed by atoms with Crippen LogP contribution in [0.4, 0.5) is 5.69 Å². The average Bonchev–Trinajstić information content (AvgIpc) is 3.12. The number of benzene rings is 1. The van der Waals surface area contributed by atoms with Crippen LogP contribution in [0, 0.1) is 23.7 Å². The minimum Gasteiger partial charge on any atom is -0.295 e. The van der Waals surface area contributed by atoms with Gasteiger partial charge in [0.05, 0.1) is 17.5 Å². The van der Waals surface area contributed by atoms with Crippen molar-refractivity contribution in [3.05, 3.63) is 29.8 Å². The van der Waals surface area contributed by atoms with Crippen LogP contribution in [0.3, 0.4) is 0 Å². The Labute approximate surface area is 150 Å². The van der Waals surface area contributed by atoms with Gasteiger partial charge in [0.1, 0.15) is 0 Å². The molecule has 0 N–H and O–H groups in total. The Morgan fingerprint density at radius 1 is 1.09 bits per heavy atom. The van der Waals surface area contributed by atoms with Gasteiger partial charge in [0, 0.05) is 15.2 Å². The molecule has 1 aliphatic heterocycles. The summed E-state index contributed by atoms with van der Waals surface area (Å²) in [5, 5.41) is 0. The van der Waals surface area contributed by atoms with Crippen molar-refractivity contribution in [2.45, 2.75) is 23.0 Å². The highest BCUT2D eigenvalue weighted by atomic mass is 79.9. The fraction of sp³-hybridized carbons (Fsp3) is 0.471. The molecule has 2 amide bonds. The Balaban J connectivity index is 1.73. The number of amides is 2. The Morgan fingerprint density at radius 3 is 2.17 bits per heavy atom. The molecule has 1 aromatic rings. The van der Waals surface area contributed by atoms with Crippen LogP contribution in [0.5, 0.6) is 0 Å². The van der Waals surface area contributed by atoms with E-state index in [-0.39, 0.29) is 50.9 Å². The van der Waals surface area contributed by atoms with Gasteiger partial charge < -0.3 is 0 Å². The largest absolute Gasteiger partial charge is 0.295 e. The Morgan fingerprint density at radius 2 is 1.65 bits per heavy atom. The first kappa shape index (κ1) is 15.5. The highest BCUT2D eigenvalue weighted by Crippen LogP contribution is 2.60. The SMILES string of the molecule is CC(=O)c1cccc(N2C(=O)[C@@H]3[C@H]4C[C@@H]([C@H](Br)[C@H]4Br)[C@H]3C2=O)c1. The van der Waals surface area contributed by atoms with Crippen molar-refractivity contribution >= 4 is 55.1 Å². The predicted octanol–water partition coefficient (Wildman–Crippen LogP) is 3.17. The molecule has 1 heterocycles. The molecule has 2 aliphatic carbocycles. The topological polar surface area (TPSA) is 54.5 Å². The van der Waals surface area contributed by atoms with Gasteiger partial charge in [-0.3, -0.25) is 19.3 Å². The monoisotopic (exact) mass is 439 g/mol. The number of halogens is 2. The number of carbonyl (C=O) groups excluding carboxylic acids is 3. The van der Waals surface area contributed by atoms with E-state index in [0.29, 0.717) is 11.3 Å². The second-order valence-corrected chi connectivity index (χ2v) is 8.74. The van der Waals surface area contributed by atoms with Crippen molar-refractivity contribution < 1.29 is 14.4 Å². The minimum atomic E-state index is -0.230. The maximum Gasteiger partial charge on any atom is 0.238 e. The predicted molar refractivity (Wildman–Crippen MR) is 92.9 cm³/mol. The summed E-state index contributed by atoms with van der Waals surface area (Å²) in [6.45, 7) is 1.48. The van der Waals surface area contributed by atoms with Gasteiger partial charge >= 0.3 is 0 Å². The summed E-state index contributed by atoms with van der Waals surface area (Å²) in [5.41, 5.74) is 1.03. The highest BCUT2D eigenvalue weighted by Gasteiger charge is 2.66. The van der Waals surface area contributed by atoms with E-state index >= 15 is 0 Å². The molecule has 0 unspecified atom stereocenters. The zero-order chi connectivity index (χ0) is 16.5. The second-order valence-electron chi connectivity index (χ2n) is 6.62. The number of nitrogens with zero attached hydrogens (tertiary/aromatic N) is 1. The smallest absolute Gasteiger partial charge is 0.238 e. The van der Waals surface area contributed by atoms with Gasteiger partial charge in [-0.2, -0.15) is 0 Å². The molecule has 3 fully saturated rings. The van der Waals surface area contributed by atoms with Gasteiger partial charge in [-0.25, -0.2) is 0 Å². The fourth-order valence-electron chi connectivity index (χ4n) is 4.47. The van der Waals surface area contributed by atoms with Crippen LogP contribution in [0.25, 0.3) is 0 Å². The van der Waals surface area contributed by atoms with Crippen LogP contribution >= 0.6 is 31.9 Å². The minimum absolute atomic E-state index is 0.0766. The van der Waals surface area contributed by atoms with E-state index in [1.807, 2.05) is 0 Å². The lowest BCUT2D eigenvalue weighted by atomic mass is 9.81. The molecule has 23 heavy (non-hydrogen) atoms. The number of fused-ring (bicyclic) bond motifs is 5. The molecule has 0 spiro atoms. The summed E-state index contributed by atoms with van der Waals surface area (Å²) < 4.78 is 0. The van der Waals surface area contributed by atoms with E-state index in [2.05, 4.69) is 31.9 Å². The van der Waals surface area contributed by atoms with E-state index in [9.17, 15) is 14.4 Å². The highest BCUT2D eigenvalue weighted by molar-refractivity contribution is 9.12. The molecular formula is C17H15Br2NO3. The molecule has 6 heteroatoms. The van der Waals surface area contributed by atoms with Crippen LogP contribution < -0.4 is 4.90 Å². The van der Waals surface area contributed by atoms with E-state index < -0.39 is 0 Å². The number of anilines is 1. The first-order chi connectivity index (χ1) is 10.9. The van der Waals surface area contributed by atoms with Crippen LogP contribution in [0.15, 0.2) is 24.3 Å². The molecule has 2 saturated carbocycles. The van der Waals surface area contributed by atoms with Crippen molar-refractivity contribution in [1.82, 2.24) is 0 Å². The maximum atomic E-state index is 12.9. The number of hydrogen-bond donors (Lipinski definition) is 0. The van der Waals surface area contributed by atoms with Crippen LogP contribution in [-0.2, 0) is 9.59 Å². The van der Waals surface area contributed by atoms with E-state index in [0.717, 1.165) is 6.42 Å². The van der Waals surface area contributed by atoms with Crippen LogP contribution in [0.1, 0.15) is 23.7 Å². The number of rotatable bonds is 2. The Hall–Kier alpha value is -1.01. The van der Waals surface area contributed by atoms with Gasteiger partial charge in [-0.15, -0.1) is 0 Å². The molecule has 1 saturated heterocycles. The number of hydrogen-bond acceptors (Lipinski definition) is 3. The first-order valence-corrected chi connectivity index (χ1v) is 9.52. The summed E-state index contributed by atoms with van der Waals surface area (Å²) in [7, 11) is 0. The lowest BCUT2D eigenvalue weighted by Crippen LogP contribution is -2.37. The number of carbonyl (C=O) groups is 3. The van der Waals surface area contributed by atoms with E-state index in [1.165, 1.54) is 11.8 Å². The molecule has 4 nitrogen and oxygen atoms in total. The summed E-state index contributed by atoms with van der Waals surface area (Å²) >= 11 is 7.36. The third kappa shape index (κ3) is 2.03.